The Hall–Kier alpha value is -2.01. The molecule has 5 heteroatoms. The van der Waals surface area contributed by atoms with E-state index < -0.39 is 0 Å². The Balaban J connectivity index is 2.16. The quantitative estimate of drug-likeness (QED) is 0.891. The zero-order chi connectivity index (χ0) is 16.3. The molecule has 1 aromatic carbocycles. The van der Waals surface area contributed by atoms with E-state index >= 15 is 0 Å². The van der Waals surface area contributed by atoms with Crippen LogP contribution < -0.4 is 14.8 Å². The minimum Gasteiger partial charge on any atom is -0.493 e. The van der Waals surface area contributed by atoms with Crippen LogP contribution in [0, 0.1) is 13.8 Å². The number of nitrogens with one attached hydrogen (secondary N) is 1. The Bertz CT molecular complexity index is 650. The van der Waals surface area contributed by atoms with Crippen LogP contribution in [-0.2, 0) is 13.6 Å². The number of para-hydroxylation sites is 1. The third-order valence-electron chi connectivity index (χ3n) is 4.08. The SMILES string of the molecule is COc1cccc(CN[C@@H](C)c2c(C)nn(C)c2C)c1OC. The first kappa shape index (κ1) is 16.4. The Morgan fingerprint density at radius 3 is 2.50 bits per heavy atom. The fourth-order valence-corrected chi connectivity index (χ4v) is 2.87. The Labute approximate surface area is 132 Å². The van der Waals surface area contributed by atoms with Gasteiger partial charge >= 0.3 is 0 Å². The fourth-order valence-electron chi connectivity index (χ4n) is 2.87. The number of ether oxygens (including phenoxy) is 2. The van der Waals surface area contributed by atoms with Gasteiger partial charge in [0, 0.05) is 36.5 Å². The molecule has 0 aliphatic rings. The molecule has 1 heterocycles. The molecule has 0 saturated carbocycles. The topological polar surface area (TPSA) is 48.3 Å². The van der Waals surface area contributed by atoms with Crippen LogP contribution >= 0.6 is 0 Å². The van der Waals surface area contributed by atoms with E-state index in [2.05, 4.69) is 24.3 Å². The lowest BCUT2D eigenvalue weighted by Gasteiger charge is -2.17. The summed E-state index contributed by atoms with van der Waals surface area (Å²) in [4.78, 5) is 0. The van der Waals surface area contributed by atoms with Crippen LogP contribution in [-0.4, -0.2) is 24.0 Å². The predicted molar refractivity (Wildman–Crippen MR) is 87.5 cm³/mol. The number of hydrogen-bond donors (Lipinski definition) is 1. The first-order valence-corrected chi connectivity index (χ1v) is 7.42. The number of aryl methyl sites for hydroxylation is 2. The first-order valence-electron chi connectivity index (χ1n) is 7.42. The molecule has 0 spiro atoms. The summed E-state index contributed by atoms with van der Waals surface area (Å²) < 4.78 is 12.7. The Kier molecular flexibility index (Phi) is 5.08. The van der Waals surface area contributed by atoms with Gasteiger partial charge in [0.1, 0.15) is 0 Å². The highest BCUT2D eigenvalue weighted by Gasteiger charge is 2.17. The lowest BCUT2D eigenvalue weighted by atomic mass is 10.1. The van der Waals surface area contributed by atoms with Crippen molar-refractivity contribution in [1.29, 1.82) is 0 Å². The summed E-state index contributed by atoms with van der Waals surface area (Å²) in [7, 11) is 5.30. The molecule has 0 radical (unpaired) electrons. The summed E-state index contributed by atoms with van der Waals surface area (Å²) >= 11 is 0. The molecule has 2 rings (SSSR count). The summed E-state index contributed by atoms with van der Waals surface area (Å²) in [5.41, 5.74) is 4.59. The van der Waals surface area contributed by atoms with Crippen molar-refractivity contribution in [3.8, 4) is 11.5 Å². The van der Waals surface area contributed by atoms with Gasteiger partial charge in [-0.2, -0.15) is 5.10 Å². The highest BCUT2D eigenvalue weighted by molar-refractivity contribution is 5.46. The van der Waals surface area contributed by atoms with E-state index in [1.54, 1.807) is 14.2 Å². The zero-order valence-corrected chi connectivity index (χ0v) is 14.2. The molecule has 1 N–H and O–H groups in total. The maximum Gasteiger partial charge on any atom is 0.165 e. The van der Waals surface area contributed by atoms with Crippen molar-refractivity contribution in [2.75, 3.05) is 14.2 Å². The maximum absolute atomic E-state index is 5.48. The number of rotatable bonds is 6. The predicted octanol–water partition coefficient (Wildman–Crippen LogP) is 2.90. The van der Waals surface area contributed by atoms with Gasteiger partial charge in [-0.15, -0.1) is 0 Å². The van der Waals surface area contributed by atoms with Gasteiger partial charge in [0.15, 0.2) is 11.5 Å². The zero-order valence-electron chi connectivity index (χ0n) is 14.2. The molecule has 0 bridgehead atoms. The monoisotopic (exact) mass is 303 g/mol. The summed E-state index contributed by atoms with van der Waals surface area (Å²) in [6.45, 7) is 7.01. The summed E-state index contributed by atoms with van der Waals surface area (Å²) in [5.74, 6) is 1.53. The van der Waals surface area contributed by atoms with Crippen molar-refractivity contribution in [1.82, 2.24) is 15.1 Å². The van der Waals surface area contributed by atoms with Crippen molar-refractivity contribution in [3.05, 3.63) is 40.7 Å². The van der Waals surface area contributed by atoms with E-state index in [0.717, 1.165) is 22.8 Å². The van der Waals surface area contributed by atoms with Gasteiger partial charge in [-0.05, 0) is 26.8 Å². The molecule has 0 aliphatic heterocycles. The van der Waals surface area contributed by atoms with Gasteiger partial charge < -0.3 is 14.8 Å². The highest BCUT2D eigenvalue weighted by atomic mass is 16.5. The van der Waals surface area contributed by atoms with Crippen molar-refractivity contribution >= 4 is 0 Å². The molecule has 22 heavy (non-hydrogen) atoms. The normalized spacial score (nSPS) is 12.3. The van der Waals surface area contributed by atoms with Crippen molar-refractivity contribution in [2.45, 2.75) is 33.4 Å². The van der Waals surface area contributed by atoms with Gasteiger partial charge in [0.25, 0.3) is 0 Å². The molecule has 0 unspecified atom stereocenters. The van der Waals surface area contributed by atoms with Gasteiger partial charge in [-0.1, -0.05) is 12.1 Å². The lowest BCUT2D eigenvalue weighted by Crippen LogP contribution is -2.19. The van der Waals surface area contributed by atoms with Crippen LogP contribution in [0.4, 0.5) is 0 Å². The van der Waals surface area contributed by atoms with Crippen LogP contribution in [0.25, 0.3) is 0 Å². The number of methoxy groups -OCH3 is 2. The molecule has 1 atom stereocenters. The summed E-state index contributed by atoms with van der Waals surface area (Å²) in [5, 5.41) is 8.03. The molecule has 120 valence electrons. The average Bonchev–Trinajstić information content (AvgIpc) is 2.77. The first-order chi connectivity index (χ1) is 10.5. The molecule has 0 amide bonds. The van der Waals surface area contributed by atoms with Crippen LogP contribution in [0.2, 0.25) is 0 Å². The Morgan fingerprint density at radius 2 is 1.95 bits per heavy atom. The standard InChI is InChI=1S/C17H25N3O2/c1-11(16-12(2)19-20(4)13(16)3)18-10-14-8-7-9-15(21-5)17(14)22-6/h7-9,11,18H,10H2,1-6H3/t11-/m0/s1. The van der Waals surface area contributed by atoms with Crippen LogP contribution in [0.5, 0.6) is 11.5 Å². The minimum atomic E-state index is 0.213. The van der Waals surface area contributed by atoms with E-state index in [4.69, 9.17) is 9.47 Å². The van der Waals surface area contributed by atoms with E-state index in [1.165, 1.54) is 11.3 Å². The van der Waals surface area contributed by atoms with Crippen LogP contribution in [0.15, 0.2) is 18.2 Å². The lowest BCUT2D eigenvalue weighted by molar-refractivity contribution is 0.350. The second-order valence-electron chi connectivity index (χ2n) is 5.46. The molecule has 0 saturated heterocycles. The molecule has 0 fully saturated rings. The van der Waals surface area contributed by atoms with E-state index in [0.29, 0.717) is 6.54 Å². The third kappa shape index (κ3) is 3.09. The molecule has 1 aromatic heterocycles. The van der Waals surface area contributed by atoms with Gasteiger partial charge in [-0.3, -0.25) is 4.68 Å². The number of nitrogens with zero attached hydrogens (tertiary/aromatic N) is 2. The minimum absolute atomic E-state index is 0.213. The van der Waals surface area contributed by atoms with Gasteiger partial charge in [-0.25, -0.2) is 0 Å². The molecular formula is C17H25N3O2. The van der Waals surface area contributed by atoms with E-state index in [-0.39, 0.29) is 6.04 Å². The largest absolute Gasteiger partial charge is 0.493 e. The number of aromatic nitrogens is 2. The average molecular weight is 303 g/mol. The summed E-state index contributed by atoms with van der Waals surface area (Å²) in [6, 6.07) is 6.14. The second-order valence-corrected chi connectivity index (χ2v) is 5.46. The van der Waals surface area contributed by atoms with E-state index in [1.807, 2.05) is 36.9 Å². The number of benzene rings is 1. The van der Waals surface area contributed by atoms with Gasteiger partial charge in [0.2, 0.25) is 0 Å². The maximum atomic E-state index is 5.48. The van der Waals surface area contributed by atoms with Crippen LogP contribution in [0.1, 0.15) is 35.5 Å². The molecule has 0 aliphatic carbocycles. The molecule has 5 nitrogen and oxygen atoms in total. The van der Waals surface area contributed by atoms with Crippen LogP contribution in [0.3, 0.4) is 0 Å². The molecular weight excluding hydrogens is 278 g/mol. The molecule has 2 aromatic rings. The van der Waals surface area contributed by atoms with E-state index in [9.17, 15) is 0 Å². The third-order valence-corrected chi connectivity index (χ3v) is 4.08. The summed E-state index contributed by atoms with van der Waals surface area (Å²) in [6.07, 6.45) is 0. The van der Waals surface area contributed by atoms with Crippen molar-refractivity contribution in [2.24, 2.45) is 7.05 Å². The van der Waals surface area contributed by atoms with Crippen molar-refractivity contribution in [3.63, 3.8) is 0 Å². The Morgan fingerprint density at radius 1 is 1.23 bits per heavy atom. The smallest absolute Gasteiger partial charge is 0.165 e. The second kappa shape index (κ2) is 6.83. The van der Waals surface area contributed by atoms with Gasteiger partial charge in [0.05, 0.1) is 19.9 Å². The fraction of sp³-hybridized carbons (Fsp3) is 0.471. The highest BCUT2D eigenvalue weighted by Crippen LogP contribution is 2.31. The van der Waals surface area contributed by atoms with Crippen molar-refractivity contribution < 1.29 is 9.47 Å². The number of hydrogen-bond acceptors (Lipinski definition) is 4.